The Morgan fingerprint density at radius 2 is 2.20 bits per heavy atom. The number of benzene rings is 1. The van der Waals surface area contributed by atoms with Crippen LogP contribution >= 0.6 is 11.6 Å². The van der Waals surface area contributed by atoms with E-state index >= 15 is 0 Å². The van der Waals surface area contributed by atoms with Crippen molar-refractivity contribution < 1.29 is 0 Å². The van der Waals surface area contributed by atoms with E-state index in [1.807, 2.05) is 30.3 Å². The third kappa shape index (κ3) is 2.08. The minimum absolute atomic E-state index is 0.384. The molecule has 3 aromatic rings. The highest BCUT2D eigenvalue weighted by atomic mass is 35.5. The molecule has 20 heavy (non-hydrogen) atoms. The van der Waals surface area contributed by atoms with Crippen LogP contribution in [0.25, 0.3) is 5.65 Å². The predicted molar refractivity (Wildman–Crippen MR) is 74.8 cm³/mol. The lowest BCUT2D eigenvalue weighted by Gasteiger charge is -2.05. The smallest absolute Gasteiger partial charge is 0.200 e. The van der Waals surface area contributed by atoms with Gasteiger partial charge < -0.3 is 5.32 Å². The number of fused-ring (bicyclic) bond motifs is 1. The van der Waals surface area contributed by atoms with Gasteiger partial charge in [-0.2, -0.15) is 0 Å². The maximum absolute atomic E-state index is 6.02. The molecule has 1 fully saturated rings. The average Bonchev–Trinajstić information content (AvgIpc) is 3.05. The van der Waals surface area contributed by atoms with Crippen molar-refractivity contribution in [3.8, 4) is 0 Å². The van der Waals surface area contributed by atoms with Gasteiger partial charge in [-0.3, -0.25) is 0 Å². The number of nitrogens with zero attached hydrogens (tertiary/aromatic N) is 5. The number of nitrogens with one attached hydrogen (secondary N) is 1. The maximum Gasteiger partial charge on any atom is 0.200 e. The molecule has 1 aliphatic rings. The van der Waals surface area contributed by atoms with Crippen LogP contribution in [-0.2, 0) is 0 Å². The molecule has 2 aromatic heterocycles. The van der Waals surface area contributed by atoms with Crippen LogP contribution < -0.4 is 5.32 Å². The Labute approximate surface area is 119 Å². The highest BCUT2D eigenvalue weighted by molar-refractivity contribution is 6.30. The number of hydrogen-bond donors (Lipinski definition) is 1. The van der Waals surface area contributed by atoms with Gasteiger partial charge in [0, 0.05) is 17.0 Å². The van der Waals surface area contributed by atoms with Crippen LogP contribution in [0.4, 0.5) is 5.82 Å². The van der Waals surface area contributed by atoms with Crippen LogP contribution in [0.2, 0.25) is 5.02 Å². The molecule has 1 N–H and O–H groups in total. The van der Waals surface area contributed by atoms with Crippen LogP contribution in [0, 0.1) is 0 Å². The van der Waals surface area contributed by atoms with E-state index in [1.54, 1.807) is 0 Å². The van der Waals surface area contributed by atoms with E-state index in [9.17, 15) is 0 Å². The topological polar surface area (TPSA) is 68.0 Å². The number of rotatable bonds is 3. The summed E-state index contributed by atoms with van der Waals surface area (Å²) in [6.45, 7) is 0. The van der Waals surface area contributed by atoms with Gasteiger partial charge in [-0.25, -0.2) is 0 Å². The van der Waals surface area contributed by atoms with E-state index in [4.69, 9.17) is 11.6 Å². The van der Waals surface area contributed by atoms with Crippen molar-refractivity contribution in [3.05, 3.63) is 47.0 Å². The summed E-state index contributed by atoms with van der Waals surface area (Å²) in [5, 5.41) is 19.7. The summed E-state index contributed by atoms with van der Waals surface area (Å²) in [7, 11) is 0. The molecule has 0 spiro atoms. The van der Waals surface area contributed by atoms with Gasteiger partial charge in [0.2, 0.25) is 0 Å². The molecule has 0 radical (unpaired) electrons. The molecule has 1 aromatic carbocycles. The minimum atomic E-state index is 0.384. The molecule has 6 nitrogen and oxygen atoms in total. The summed E-state index contributed by atoms with van der Waals surface area (Å²) < 4.78 is 1.42. The van der Waals surface area contributed by atoms with Gasteiger partial charge in [-0.1, -0.05) is 23.7 Å². The van der Waals surface area contributed by atoms with E-state index in [2.05, 4.69) is 32.0 Å². The van der Waals surface area contributed by atoms with E-state index in [0.29, 0.717) is 17.6 Å². The van der Waals surface area contributed by atoms with Crippen molar-refractivity contribution in [2.24, 2.45) is 0 Å². The highest BCUT2D eigenvalue weighted by Crippen LogP contribution is 2.43. The molecule has 0 bridgehead atoms. The molecular weight excluding hydrogens is 276 g/mol. The molecule has 0 amide bonds. The van der Waals surface area contributed by atoms with Gasteiger partial charge in [-0.15, -0.1) is 14.8 Å². The number of aromatic nitrogens is 5. The van der Waals surface area contributed by atoms with E-state index in [-0.39, 0.29) is 0 Å². The maximum atomic E-state index is 6.02. The zero-order chi connectivity index (χ0) is 13.5. The van der Waals surface area contributed by atoms with Crippen LogP contribution in [0.3, 0.4) is 0 Å². The first kappa shape index (κ1) is 11.6. The van der Waals surface area contributed by atoms with Crippen molar-refractivity contribution in [2.45, 2.75) is 18.4 Å². The second kappa shape index (κ2) is 4.42. The van der Waals surface area contributed by atoms with Gasteiger partial charge in [0.25, 0.3) is 0 Å². The van der Waals surface area contributed by atoms with Gasteiger partial charge >= 0.3 is 0 Å². The van der Waals surface area contributed by atoms with E-state index < -0.39 is 0 Å². The fourth-order valence-electron chi connectivity index (χ4n) is 2.38. The molecule has 4 rings (SSSR count). The zero-order valence-electron chi connectivity index (χ0n) is 10.4. The number of hydrogen-bond acceptors (Lipinski definition) is 5. The highest BCUT2D eigenvalue weighted by Gasteiger charge is 2.38. The normalized spacial score (nSPS) is 21.1. The Morgan fingerprint density at radius 3 is 3.10 bits per heavy atom. The minimum Gasteiger partial charge on any atom is -0.365 e. The van der Waals surface area contributed by atoms with Crippen molar-refractivity contribution in [1.29, 1.82) is 0 Å². The molecule has 2 heterocycles. The van der Waals surface area contributed by atoms with Gasteiger partial charge in [0.1, 0.15) is 5.82 Å². The summed E-state index contributed by atoms with van der Waals surface area (Å²) in [5.41, 5.74) is 1.90. The molecule has 2 unspecified atom stereocenters. The van der Waals surface area contributed by atoms with Gasteiger partial charge in [0.15, 0.2) is 5.65 Å². The Balaban J connectivity index is 1.50. The second-order valence-corrected chi connectivity index (χ2v) is 5.33. The quantitative estimate of drug-likeness (QED) is 0.799. The lowest BCUT2D eigenvalue weighted by Crippen LogP contribution is -2.08. The van der Waals surface area contributed by atoms with Crippen molar-refractivity contribution >= 4 is 23.1 Å². The third-order valence-corrected chi connectivity index (χ3v) is 3.71. The van der Waals surface area contributed by atoms with Crippen LogP contribution in [0.15, 0.2) is 36.4 Å². The van der Waals surface area contributed by atoms with Crippen LogP contribution in [0.5, 0.6) is 0 Å². The third-order valence-electron chi connectivity index (χ3n) is 3.47. The Morgan fingerprint density at radius 1 is 1.25 bits per heavy atom. The molecular formula is C13H11ClN6. The summed E-state index contributed by atoms with van der Waals surface area (Å²) in [6, 6.07) is 12.1. The summed E-state index contributed by atoms with van der Waals surface area (Å²) in [6.07, 6.45) is 1.08. The first-order valence-electron chi connectivity index (χ1n) is 6.37. The molecule has 7 heteroatoms. The Bertz CT molecular complexity index is 770. The van der Waals surface area contributed by atoms with Gasteiger partial charge in [0.05, 0.1) is 0 Å². The van der Waals surface area contributed by atoms with Crippen molar-refractivity contribution in [1.82, 2.24) is 25.3 Å². The SMILES string of the molecule is Clc1cccc(C2CC2Nc2ccc3nnnn3n2)c1. The summed E-state index contributed by atoms with van der Waals surface area (Å²) in [5.74, 6) is 1.26. The van der Waals surface area contributed by atoms with Crippen molar-refractivity contribution in [2.75, 3.05) is 5.32 Å². The Hall–Kier alpha value is -2.21. The molecule has 1 aliphatic carbocycles. The predicted octanol–water partition coefficient (Wildman–Crippen LogP) is 2.14. The second-order valence-electron chi connectivity index (χ2n) is 4.89. The van der Waals surface area contributed by atoms with Crippen LogP contribution in [0.1, 0.15) is 17.9 Å². The first-order valence-corrected chi connectivity index (χ1v) is 6.75. The van der Waals surface area contributed by atoms with E-state index in [0.717, 1.165) is 17.3 Å². The standard InChI is InChI=1S/C13H11ClN6/c14-9-3-1-2-8(6-9)10-7-11(10)15-12-4-5-13-16-18-19-20(13)17-12/h1-6,10-11H,7H2,(H,15,17). The monoisotopic (exact) mass is 286 g/mol. The number of anilines is 1. The molecule has 2 atom stereocenters. The zero-order valence-corrected chi connectivity index (χ0v) is 11.2. The van der Waals surface area contributed by atoms with Crippen LogP contribution in [-0.4, -0.2) is 31.3 Å². The van der Waals surface area contributed by atoms with Gasteiger partial charge in [-0.05, 0) is 46.7 Å². The molecule has 0 saturated heterocycles. The first-order chi connectivity index (χ1) is 9.79. The molecule has 100 valence electrons. The number of tetrazole rings is 1. The molecule has 1 saturated carbocycles. The molecule has 0 aliphatic heterocycles. The Kier molecular flexibility index (Phi) is 2.56. The summed E-state index contributed by atoms with van der Waals surface area (Å²) >= 11 is 6.02. The summed E-state index contributed by atoms with van der Waals surface area (Å²) in [4.78, 5) is 0. The van der Waals surface area contributed by atoms with Crippen molar-refractivity contribution in [3.63, 3.8) is 0 Å². The lowest BCUT2D eigenvalue weighted by molar-refractivity contribution is 0.733. The number of halogens is 1. The lowest BCUT2D eigenvalue weighted by atomic mass is 10.1. The fraction of sp³-hybridized carbons (Fsp3) is 0.231. The fourth-order valence-corrected chi connectivity index (χ4v) is 2.58. The average molecular weight is 287 g/mol. The largest absolute Gasteiger partial charge is 0.365 e. The van der Waals surface area contributed by atoms with E-state index in [1.165, 1.54) is 10.2 Å².